The molecule has 2 heteroatoms. The Hall–Kier alpha value is -1.70. The molecular weight excluding hydrogens is 160 g/mol. The zero-order valence-corrected chi connectivity index (χ0v) is 7.64. The molecule has 0 saturated carbocycles. The highest BCUT2D eigenvalue weighted by atomic mass is 15.0. The van der Waals surface area contributed by atoms with Crippen LogP contribution in [0.15, 0.2) is 43.2 Å². The smallest absolute Gasteiger partial charge is 0.0688 e. The molecule has 0 aromatic carbocycles. The Morgan fingerprint density at radius 1 is 1.15 bits per heavy atom. The lowest BCUT2D eigenvalue weighted by atomic mass is 10.3. The van der Waals surface area contributed by atoms with E-state index in [0.717, 1.165) is 0 Å². The molecule has 0 aliphatic carbocycles. The summed E-state index contributed by atoms with van der Waals surface area (Å²) in [7, 11) is 2.04. The van der Waals surface area contributed by atoms with Crippen molar-refractivity contribution in [2.24, 2.45) is 7.05 Å². The molecule has 66 valence electrons. The average Bonchev–Trinajstić information content (AvgIpc) is 2.71. The van der Waals surface area contributed by atoms with Crippen LogP contribution in [0.5, 0.6) is 0 Å². The zero-order valence-electron chi connectivity index (χ0n) is 7.64. The fraction of sp³-hybridized carbons (Fsp3) is 0.0909. The molecule has 2 nitrogen and oxygen atoms in total. The number of aryl methyl sites for hydroxylation is 1. The third-order valence-electron chi connectivity index (χ3n) is 2.18. The third-order valence-corrected chi connectivity index (χ3v) is 2.18. The van der Waals surface area contributed by atoms with Crippen LogP contribution in [0.2, 0.25) is 0 Å². The quantitative estimate of drug-likeness (QED) is 0.659. The maximum Gasteiger partial charge on any atom is 0.0688 e. The van der Waals surface area contributed by atoms with Gasteiger partial charge in [0.15, 0.2) is 0 Å². The lowest BCUT2D eigenvalue weighted by Crippen LogP contribution is -1.93. The summed E-state index contributed by atoms with van der Waals surface area (Å²) >= 11 is 0. The van der Waals surface area contributed by atoms with E-state index in [1.54, 1.807) is 0 Å². The molecule has 0 radical (unpaired) electrons. The van der Waals surface area contributed by atoms with Gasteiger partial charge in [0.1, 0.15) is 0 Å². The molecular formula is C11H12N2. The Bertz CT molecular complexity index is 421. The molecule has 0 atom stereocenters. The van der Waals surface area contributed by atoms with Crippen molar-refractivity contribution in [2.45, 2.75) is 0 Å². The Morgan fingerprint density at radius 3 is 2.46 bits per heavy atom. The van der Waals surface area contributed by atoms with Gasteiger partial charge in [0.05, 0.1) is 11.4 Å². The first kappa shape index (κ1) is 7.92. The SMILES string of the molecule is C=Cn1cccc1-c1cccn1C. The molecule has 13 heavy (non-hydrogen) atoms. The van der Waals surface area contributed by atoms with Gasteiger partial charge in [-0.25, -0.2) is 0 Å². The highest BCUT2D eigenvalue weighted by Gasteiger charge is 2.03. The number of hydrogen-bond donors (Lipinski definition) is 0. The van der Waals surface area contributed by atoms with Crippen LogP contribution in [0.3, 0.4) is 0 Å². The number of aromatic nitrogens is 2. The second-order valence-corrected chi connectivity index (χ2v) is 2.99. The molecule has 0 bridgehead atoms. The van der Waals surface area contributed by atoms with Crippen LogP contribution in [-0.4, -0.2) is 9.13 Å². The maximum absolute atomic E-state index is 3.76. The van der Waals surface area contributed by atoms with Crippen molar-refractivity contribution in [2.75, 3.05) is 0 Å². The van der Waals surface area contributed by atoms with Crippen molar-refractivity contribution in [3.8, 4) is 11.4 Å². The Morgan fingerprint density at radius 2 is 1.85 bits per heavy atom. The molecule has 0 N–H and O–H groups in total. The van der Waals surface area contributed by atoms with Crippen LogP contribution in [0, 0.1) is 0 Å². The minimum atomic E-state index is 1.17. The molecule has 2 aromatic heterocycles. The fourth-order valence-corrected chi connectivity index (χ4v) is 1.50. The maximum atomic E-state index is 3.76. The van der Waals surface area contributed by atoms with Gasteiger partial charge in [0.2, 0.25) is 0 Å². The van der Waals surface area contributed by atoms with Gasteiger partial charge in [0.25, 0.3) is 0 Å². The lowest BCUT2D eigenvalue weighted by Gasteiger charge is -2.04. The van der Waals surface area contributed by atoms with Gasteiger partial charge < -0.3 is 9.13 Å². The minimum Gasteiger partial charge on any atom is -0.349 e. The Kier molecular flexibility index (Phi) is 1.81. The summed E-state index contributed by atoms with van der Waals surface area (Å²) in [5.41, 5.74) is 2.37. The molecule has 0 aliphatic rings. The van der Waals surface area contributed by atoms with E-state index in [-0.39, 0.29) is 0 Å². The standard InChI is InChI=1S/C11H12N2/c1-3-13-9-5-7-11(13)10-6-4-8-12(10)2/h3-9H,1H2,2H3. The van der Waals surface area contributed by atoms with E-state index in [1.165, 1.54) is 11.4 Å². The summed E-state index contributed by atoms with van der Waals surface area (Å²) in [4.78, 5) is 0. The van der Waals surface area contributed by atoms with E-state index in [2.05, 4.69) is 23.3 Å². The molecule has 0 fully saturated rings. The van der Waals surface area contributed by atoms with E-state index in [1.807, 2.05) is 42.3 Å². The Labute approximate surface area is 77.7 Å². The second-order valence-electron chi connectivity index (χ2n) is 2.99. The van der Waals surface area contributed by atoms with E-state index in [4.69, 9.17) is 0 Å². The minimum absolute atomic E-state index is 1.17. The second kappa shape index (κ2) is 2.98. The van der Waals surface area contributed by atoms with Gasteiger partial charge in [-0.05, 0) is 24.3 Å². The molecule has 0 amide bonds. The number of rotatable bonds is 2. The summed E-state index contributed by atoms with van der Waals surface area (Å²) in [6.07, 6.45) is 5.84. The number of nitrogens with zero attached hydrogens (tertiary/aromatic N) is 2. The van der Waals surface area contributed by atoms with Gasteiger partial charge >= 0.3 is 0 Å². The fourth-order valence-electron chi connectivity index (χ4n) is 1.50. The average molecular weight is 172 g/mol. The summed E-state index contributed by atoms with van der Waals surface area (Å²) in [5, 5.41) is 0. The van der Waals surface area contributed by atoms with E-state index >= 15 is 0 Å². The highest BCUT2D eigenvalue weighted by Crippen LogP contribution is 2.19. The van der Waals surface area contributed by atoms with Gasteiger partial charge in [-0.1, -0.05) is 6.58 Å². The van der Waals surface area contributed by atoms with Gasteiger partial charge in [-0.15, -0.1) is 0 Å². The molecule has 0 unspecified atom stereocenters. The molecule has 2 heterocycles. The van der Waals surface area contributed by atoms with Crippen molar-refractivity contribution in [3.63, 3.8) is 0 Å². The van der Waals surface area contributed by atoms with Gasteiger partial charge in [-0.3, -0.25) is 0 Å². The van der Waals surface area contributed by atoms with E-state index in [9.17, 15) is 0 Å². The van der Waals surface area contributed by atoms with Crippen LogP contribution in [-0.2, 0) is 7.05 Å². The van der Waals surface area contributed by atoms with E-state index in [0.29, 0.717) is 0 Å². The van der Waals surface area contributed by atoms with Crippen molar-refractivity contribution in [1.82, 2.24) is 9.13 Å². The first-order valence-corrected chi connectivity index (χ1v) is 4.24. The first-order valence-electron chi connectivity index (χ1n) is 4.24. The van der Waals surface area contributed by atoms with Crippen LogP contribution in [0.1, 0.15) is 0 Å². The summed E-state index contributed by atoms with van der Waals surface area (Å²) in [5.74, 6) is 0. The third kappa shape index (κ3) is 1.20. The molecule has 0 aliphatic heterocycles. The highest BCUT2D eigenvalue weighted by molar-refractivity contribution is 5.59. The van der Waals surface area contributed by atoms with Gasteiger partial charge in [0, 0.05) is 25.6 Å². The topological polar surface area (TPSA) is 9.86 Å². The first-order chi connectivity index (χ1) is 6.33. The normalized spacial score (nSPS) is 10.2. The molecule has 0 saturated heterocycles. The molecule has 0 spiro atoms. The van der Waals surface area contributed by atoms with Crippen LogP contribution < -0.4 is 0 Å². The summed E-state index contributed by atoms with van der Waals surface area (Å²) < 4.78 is 4.10. The van der Waals surface area contributed by atoms with Crippen molar-refractivity contribution < 1.29 is 0 Å². The molecule has 2 rings (SSSR count). The van der Waals surface area contributed by atoms with Gasteiger partial charge in [-0.2, -0.15) is 0 Å². The summed E-state index contributed by atoms with van der Waals surface area (Å²) in [6, 6.07) is 8.23. The van der Waals surface area contributed by atoms with Crippen molar-refractivity contribution in [1.29, 1.82) is 0 Å². The van der Waals surface area contributed by atoms with Crippen molar-refractivity contribution >= 4 is 6.20 Å². The predicted molar refractivity (Wildman–Crippen MR) is 55.2 cm³/mol. The Balaban J connectivity index is 2.58. The van der Waals surface area contributed by atoms with Crippen LogP contribution in [0.4, 0.5) is 0 Å². The van der Waals surface area contributed by atoms with Crippen molar-refractivity contribution in [3.05, 3.63) is 43.2 Å². The largest absolute Gasteiger partial charge is 0.349 e. The summed E-state index contributed by atoms with van der Waals surface area (Å²) in [6.45, 7) is 3.76. The number of hydrogen-bond acceptors (Lipinski definition) is 0. The zero-order chi connectivity index (χ0) is 9.26. The van der Waals surface area contributed by atoms with E-state index < -0.39 is 0 Å². The van der Waals surface area contributed by atoms with Crippen LogP contribution >= 0.6 is 0 Å². The molecule has 2 aromatic rings. The lowest BCUT2D eigenvalue weighted by molar-refractivity contribution is 0.926. The monoisotopic (exact) mass is 172 g/mol. The van der Waals surface area contributed by atoms with Crippen LogP contribution in [0.25, 0.3) is 17.6 Å². The predicted octanol–water partition coefficient (Wildman–Crippen LogP) is 2.59.